The van der Waals surface area contributed by atoms with Crippen molar-refractivity contribution >= 4 is 109 Å². The normalized spacial score (nSPS) is 23.5. The van der Waals surface area contributed by atoms with Gasteiger partial charge in [-0.2, -0.15) is 8.42 Å². The number of nitrogens with one attached hydrogen (secondary N) is 4. The summed E-state index contributed by atoms with van der Waals surface area (Å²) in [4.78, 5) is 127. The van der Waals surface area contributed by atoms with Crippen LogP contribution in [0.4, 0.5) is 0 Å². The van der Waals surface area contributed by atoms with E-state index >= 15 is 0 Å². The van der Waals surface area contributed by atoms with Crippen LogP contribution >= 0.6 is 47.0 Å². The van der Waals surface area contributed by atoms with E-state index in [4.69, 9.17) is 4.74 Å². The first-order valence-corrected chi connectivity index (χ1v) is 36.0. The molecule has 4 amide bonds. The number of aliphatic hydroxyl groups excluding tert-OH is 2. The van der Waals surface area contributed by atoms with Gasteiger partial charge in [0.1, 0.15) is 24.4 Å². The Morgan fingerprint density at radius 3 is 1.41 bits per heavy atom. The molecule has 496 valence electrons. The number of hydrogen-bond donors (Lipinski definition) is 8. The first kappa shape index (κ1) is 73.5. The molecular formula is C68H79N5O15S5. The molecule has 20 nitrogen and oxygen atoms in total. The Morgan fingerprint density at radius 1 is 0.591 bits per heavy atom. The van der Waals surface area contributed by atoms with Crippen LogP contribution in [0.5, 0.6) is 5.75 Å². The quantitative estimate of drug-likeness (QED) is 0.0149. The average molecular weight is 1370 g/mol. The number of allylic oxidation sites excluding steroid dienone is 2. The number of esters is 1. The van der Waals surface area contributed by atoms with Crippen LogP contribution in [-0.4, -0.2) is 128 Å². The fourth-order valence-corrected chi connectivity index (χ4v) is 16.6. The van der Waals surface area contributed by atoms with Crippen molar-refractivity contribution in [3.8, 4) is 5.75 Å². The van der Waals surface area contributed by atoms with Gasteiger partial charge in [-0.3, -0.25) is 42.9 Å². The molecular weight excluding hydrogens is 1290 g/mol. The predicted octanol–water partition coefficient (Wildman–Crippen LogP) is 8.89. The van der Waals surface area contributed by atoms with Crippen molar-refractivity contribution in [2.75, 3.05) is 30.3 Å². The van der Waals surface area contributed by atoms with E-state index in [0.717, 1.165) is 59.9 Å². The predicted molar refractivity (Wildman–Crippen MR) is 363 cm³/mol. The van der Waals surface area contributed by atoms with Crippen LogP contribution < -0.4 is 32.2 Å². The monoisotopic (exact) mass is 1370 g/mol. The largest absolute Gasteiger partial charge is 0.425 e. The van der Waals surface area contributed by atoms with Gasteiger partial charge in [-0.05, 0) is 60.1 Å². The van der Waals surface area contributed by atoms with E-state index in [9.17, 15) is 66.3 Å². The van der Waals surface area contributed by atoms with Gasteiger partial charge in [-0.15, -0.1) is 23.5 Å². The zero-order valence-electron chi connectivity index (χ0n) is 52.1. The molecule has 8 rings (SSSR count). The molecule has 0 saturated carbocycles. The lowest BCUT2D eigenvalue weighted by atomic mass is 9.67. The van der Waals surface area contributed by atoms with E-state index < -0.39 is 122 Å². The summed E-state index contributed by atoms with van der Waals surface area (Å²) >= 11 is 3.90. The lowest BCUT2D eigenvalue weighted by molar-refractivity contribution is -0.136. The number of unbranched alkanes of at least 4 members (excludes halogenated alkanes) is 2. The van der Waals surface area contributed by atoms with E-state index in [-0.39, 0.29) is 50.6 Å². The molecule has 2 aliphatic heterocycles. The zero-order chi connectivity index (χ0) is 66.3. The Labute approximate surface area is 558 Å². The molecule has 25 heteroatoms. The van der Waals surface area contributed by atoms with Crippen LogP contribution in [0.3, 0.4) is 0 Å². The smallest absolute Gasteiger partial charge is 0.330 e. The fraction of sp³-hybridized carbons (Fsp3) is 0.397. The molecule has 0 aromatic heterocycles. The number of thioether (sulfide) groups is 4. The van der Waals surface area contributed by atoms with Crippen LogP contribution in [0.25, 0.3) is 0 Å². The molecule has 0 saturated heterocycles. The highest BCUT2D eigenvalue weighted by Crippen LogP contribution is 2.55. The number of ether oxygens (including phenoxy) is 1. The lowest BCUT2D eigenvalue weighted by Crippen LogP contribution is -2.44. The van der Waals surface area contributed by atoms with Gasteiger partial charge in [0.15, 0.2) is 11.6 Å². The Bertz CT molecular complexity index is 3650. The van der Waals surface area contributed by atoms with Gasteiger partial charge in [0, 0.05) is 39.3 Å². The number of aliphatic hydroxyl groups is 2. The van der Waals surface area contributed by atoms with E-state index in [1.807, 2.05) is 76.2 Å². The summed E-state index contributed by atoms with van der Waals surface area (Å²) in [6.07, 6.45) is 8.78. The minimum absolute atomic E-state index is 0. The number of benzene rings is 4. The highest BCUT2D eigenvalue weighted by Gasteiger charge is 2.54. The van der Waals surface area contributed by atoms with Crippen molar-refractivity contribution in [1.82, 2.24) is 27.4 Å². The average Bonchev–Trinajstić information content (AvgIpc) is 1.65. The molecule has 0 fully saturated rings. The van der Waals surface area contributed by atoms with Gasteiger partial charge in [0.05, 0.1) is 50.8 Å². The first-order chi connectivity index (χ1) is 44.1. The maximum absolute atomic E-state index is 14.6. The Kier molecular flexibility index (Phi) is 26.4. The van der Waals surface area contributed by atoms with Gasteiger partial charge in [0.2, 0.25) is 33.9 Å². The second-order valence-corrected chi connectivity index (χ2v) is 28.7. The van der Waals surface area contributed by atoms with Gasteiger partial charge in [-0.25, -0.2) is 4.79 Å². The van der Waals surface area contributed by atoms with Gasteiger partial charge in [0.25, 0.3) is 10.1 Å². The molecule has 4 aromatic rings. The summed E-state index contributed by atoms with van der Waals surface area (Å²) in [6.45, 7) is 6.56. The van der Waals surface area contributed by atoms with Crippen LogP contribution in [0.1, 0.15) is 125 Å². The van der Waals surface area contributed by atoms with Crippen molar-refractivity contribution in [2.24, 2.45) is 10.8 Å². The molecule has 8 unspecified atom stereocenters. The van der Waals surface area contributed by atoms with Crippen molar-refractivity contribution in [3.05, 3.63) is 183 Å². The van der Waals surface area contributed by atoms with Gasteiger partial charge < -0.3 is 42.4 Å². The molecule has 4 aromatic carbocycles. The fourth-order valence-electron chi connectivity index (χ4n) is 12.0. The van der Waals surface area contributed by atoms with Crippen molar-refractivity contribution in [3.63, 3.8) is 0 Å². The molecule has 2 aliphatic carbocycles. The van der Waals surface area contributed by atoms with Crippen molar-refractivity contribution in [2.45, 2.75) is 126 Å². The van der Waals surface area contributed by atoms with E-state index in [1.54, 1.807) is 66.8 Å². The van der Waals surface area contributed by atoms with E-state index in [0.29, 0.717) is 70.6 Å². The van der Waals surface area contributed by atoms with Crippen LogP contribution in [0.15, 0.2) is 161 Å². The second kappa shape index (κ2) is 33.4. The minimum Gasteiger partial charge on any atom is -0.425 e. The Balaban J connectivity index is 0.0000123. The van der Waals surface area contributed by atoms with E-state index in [2.05, 4.69) is 21.3 Å². The van der Waals surface area contributed by atoms with Crippen molar-refractivity contribution in [1.29, 1.82) is 0 Å². The summed E-state index contributed by atoms with van der Waals surface area (Å²) in [6, 6.07) is 29.0. The highest BCUT2D eigenvalue weighted by molar-refractivity contribution is 8.17. The number of hydrogen-bond acceptors (Lipinski definition) is 19. The third-order valence-electron chi connectivity index (χ3n) is 17.1. The summed E-state index contributed by atoms with van der Waals surface area (Å²) in [5, 5.41) is 32.6. The zero-order valence-corrected chi connectivity index (χ0v) is 56.2. The molecule has 93 heavy (non-hydrogen) atoms. The molecule has 0 spiro atoms. The Morgan fingerprint density at radius 2 is 1.00 bits per heavy atom. The number of amides is 4. The summed E-state index contributed by atoms with van der Waals surface area (Å²) < 4.78 is 38.0. The maximum atomic E-state index is 14.6. The molecule has 4 aliphatic rings. The SMILES string of the molecule is CCCCC1(CC)C(=O)SC2=C(C(=O)C(SCC(=O)N[C@@H](C(=O)NCCS(=O)(=O)O)c3ccc(OC(=O)CNC(=O)[C@H](NC(=O)CSC4C=CC5=C(C4=O)C(c4ccccc4)C(O)C(CC)(CCCC)C(=O)S5)c4ccccc4)cc3)C=C2)C(c2ccccc2)C1O.N. The van der Waals surface area contributed by atoms with Crippen LogP contribution in [0.2, 0.25) is 0 Å². The van der Waals surface area contributed by atoms with Crippen LogP contribution in [0, 0.1) is 10.8 Å². The Hall–Kier alpha value is -6.94. The standard InChI is InChI=1S/C68H76N4O15S5.H3N/c1-5-9-34-67(7-3)61(78)53(41-20-14-11-15-21-41)55-46(90-65(67)82)30-32-48(59(55)76)88-39-50(73)71-57(43-24-18-13-19-25-43)64(81)70-38-52(75)87-45-28-26-44(27-29-45)58(63(80)69-36-37-92(84,85)86)72-51(74)40-89-49-33-31-47-56(60(49)77)54(42-22-16-12-17-23-42)62(79)68(8-4,35-10-6-2)66(83)91-47;/h11-33,48-49,53-54,57-58,61-62,78-79H,5-10,34-40H2,1-4H3,(H,69,80)(H,70,81)(H,71,73)(H,72,74)(H,84,85,86);1H3/t48?,49?,53?,54?,57-,58-,61?,62?,67?,68?;/m1./s1. The number of Topliss-reactive ketones (excluding diaryl/α,β-unsaturated/α-hetero) is 2. The topological polar surface area (TPSA) is 341 Å². The maximum Gasteiger partial charge on any atom is 0.330 e. The number of carbonyl (C=O) groups excluding carboxylic acids is 9. The lowest BCUT2D eigenvalue weighted by Gasteiger charge is -2.39. The first-order valence-electron chi connectivity index (χ1n) is 30.6. The summed E-state index contributed by atoms with van der Waals surface area (Å²) in [7, 11) is -4.50. The van der Waals surface area contributed by atoms with Crippen LogP contribution in [-0.2, 0) is 53.3 Å². The van der Waals surface area contributed by atoms with Gasteiger partial charge in [-0.1, -0.05) is 204 Å². The minimum atomic E-state index is -4.50. The van der Waals surface area contributed by atoms with Crippen molar-refractivity contribution < 1.29 is 71.1 Å². The molecule has 10 N–H and O–H groups in total. The van der Waals surface area contributed by atoms with E-state index in [1.165, 1.54) is 24.3 Å². The number of rotatable bonds is 28. The third-order valence-corrected chi connectivity index (χ3v) is 22.5. The highest BCUT2D eigenvalue weighted by atomic mass is 32.2. The molecule has 2 heterocycles. The summed E-state index contributed by atoms with van der Waals surface area (Å²) in [5.41, 5.74) is 0.193. The molecule has 10 atom stereocenters. The molecule has 0 bridgehead atoms. The number of ketones is 2. The second-order valence-electron chi connectivity index (χ2n) is 22.9. The van der Waals surface area contributed by atoms with Gasteiger partial charge >= 0.3 is 5.97 Å². The molecule has 0 radical (unpaired) electrons. The number of carbonyl (C=O) groups is 9. The third kappa shape index (κ3) is 17.5. The summed E-state index contributed by atoms with van der Waals surface area (Å²) in [5.74, 6) is -7.84.